The summed E-state index contributed by atoms with van der Waals surface area (Å²) in [4.78, 5) is 10.1. The Hall–Kier alpha value is -1.08. The van der Waals surface area contributed by atoms with Crippen molar-refractivity contribution >= 4 is 32.0 Å². The predicted octanol–water partition coefficient (Wildman–Crippen LogP) is 1.41. The van der Waals surface area contributed by atoms with Gasteiger partial charge in [0.1, 0.15) is 4.90 Å². The number of benzene rings is 1. The predicted molar refractivity (Wildman–Crippen MR) is 52.5 cm³/mol. The molecule has 0 atom stereocenters. The molecule has 1 amide bonds. The second-order valence-electron chi connectivity index (χ2n) is 2.34. The van der Waals surface area contributed by atoms with Gasteiger partial charge in [0.05, 0.1) is 0 Å². The standard InChI is InChI=1S/C7H6BrNO4S/c8-5-3-1-2-4-6(5)14(12,13)9-7(10)11/h1-4,9H,(H,10,11). The van der Waals surface area contributed by atoms with E-state index in [1.165, 1.54) is 22.9 Å². The van der Waals surface area contributed by atoms with Gasteiger partial charge in [-0.25, -0.2) is 17.9 Å². The Morgan fingerprint density at radius 1 is 1.36 bits per heavy atom. The lowest BCUT2D eigenvalue weighted by molar-refractivity contribution is 0.201. The number of halogens is 1. The molecule has 1 aromatic carbocycles. The van der Waals surface area contributed by atoms with E-state index in [2.05, 4.69) is 15.9 Å². The van der Waals surface area contributed by atoms with Crippen molar-refractivity contribution in [2.24, 2.45) is 0 Å². The Bertz CT molecular complexity index is 457. The minimum Gasteiger partial charge on any atom is -0.464 e. The van der Waals surface area contributed by atoms with E-state index in [1.807, 2.05) is 0 Å². The molecule has 76 valence electrons. The molecule has 2 N–H and O–H groups in total. The third-order valence-electron chi connectivity index (χ3n) is 1.35. The number of amides is 1. The molecule has 1 rings (SSSR count). The maximum atomic E-state index is 11.3. The van der Waals surface area contributed by atoms with Crippen molar-refractivity contribution in [3.63, 3.8) is 0 Å². The molecule has 0 spiro atoms. The zero-order valence-corrected chi connectivity index (χ0v) is 9.17. The van der Waals surface area contributed by atoms with E-state index in [9.17, 15) is 13.2 Å². The first-order valence-electron chi connectivity index (χ1n) is 3.44. The maximum absolute atomic E-state index is 11.3. The van der Waals surface area contributed by atoms with Crippen molar-refractivity contribution in [3.05, 3.63) is 28.7 Å². The Kier molecular flexibility index (Phi) is 3.12. The van der Waals surface area contributed by atoms with E-state index in [4.69, 9.17) is 5.11 Å². The minimum absolute atomic E-state index is 0.109. The molecular formula is C7H6BrNO4S. The lowest BCUT2D eigenvalue weighted by Crippen LogP contribution is -2.29. The van der Waals surface area contributed by atoms with E-state index in [0.717, 1.165) is 0 Å². The summed E-state index contributed by atoms with van der Waals surface area (Å²) in [6.07, 6.45) is -1.61. The van der Waals surface area contributed by atoms with Gasteiger partial charge in [0.15, 0.2) is 0 Å². The first-order valence-corrected chi connectivity index (χ1v) is 5.71. The van der Waals surface area contributed by atoms with Crippen LogP contribution in [-0.2, 0) is 10.0 Å². The molecule has 0 fully saturated rings. The highest BCUT2D eigenvalue weighted by atomic mass is 79.9. The fourth-order valence-corrected chi connectivity index (χ4v) is 2.68. The average molecular weight is 280 g/mol. The zero-order chi connectivity index (χ0) is 10.8. The summed E-state index contributed by atoms with van der Waals surface area (Å²) in [5, 5.41) is 8.30. The van der Waals surface area contributed by atoms with Gasteiger partial charge >= 0.3 is 6.09 Å². The summed E-state index contributed by atoms with van der Waals surface area (Å²) >= 11 is 3.01. The van der Waals surface area contributed by atoms with E-state index in [1.54, 1.807) is 6.07 Å². The molecule has 0 aliphatic carbocycles. The van der Waals surface area contributed by atoms with Crippen LogP contribution >= 0.6 is 15.9 Å². The van der Waals surface area contributed by atoms with Crippen LogP contribution in [0.25, 0.3) is 0 Å². The largest absolute Gasteiger partial charge is 0.464 e. The van der Waals surface area contributed by atoms with Crippen molar-refractivity contribution in [2.75, 3.05) is 0 Å². The van der Waals surface area contributed by atoms with Crippen molar-refractivity contribution in [1.29, 1.82) is 0 Å². The van der Waals surface area contributed by atoms with Crippen molar-refractivity contribution < 1.29 is 18.3 Å². The van der Waals surface area contributed by atoms with Gasteiger partial charge in [-0.05, 0) is 28.1 Å². The molecule has 0 aromatic heterocycles. The van der Waals surface area contributed by atoms with Crippen LogP contribution in [0.4, 0.5) is 4.79 Å². The molecule has 0 saturated carbocycles. The van der Waals surface area contributed by atoms with Gasteiger partial charge in [-0.2, -0.15) is 0 Å². The van der Waals surface area contributed by atoms with E-state index in [0.29, 0.717) is 4.47 Å². The third kappa shape index (κ3) is 2.46. The summed E-state index contributed by atoms with van der Waals surface area (Å²) < 4.78 is 24.4. The van der Waals surface area contributed by atoms with Crippen LogP contribution in [0.3, 0.4) is 0 Å². The Balaban J connectivity index is 3.17. The molecule has 0 radical (unpaired) electrons. The lowest BCUT2D eigenvalue weighted by atomic mass is 10.4. The summed E-state index contributed by atoms with van der Waals surface area (Å²) in [5.41, 5.74) is 0. The summed E-state index contributed by atoms with van der Waals surface area (Å²) in [6.45, 7) is 0. The highest BCUT2D eigenvalue weighted by molar-refractivity contribution is 9.10. The molecule has 0 saturated heterocycles. The smallest absolute Gasteiger partial charge is 0.418 e. The third-order valence-corrected chi connectivity index (χ3v) is 3.68. The molecule has 1 aromatic rings. The van der Waals surface area contributed by atoms with E-state index < -0.39 is 16.1 Å². The normalized spacial score (nSPS) is 10.9. The van der Waals surface area contributed by atoms with Crippen molar-refractivity contribution in [1.82, 2.24) is 4.72 Å². The molecule has 0 unspecified atom stereocenters. The highest BCUT2D eigenvalue weighted by Gasteiger charge is 2.18. The van der Waals surface area contributed by atoms with Gasteiger partial charge in [-0.1, -0.05) is 12.1 Å². The van der Waals surface area contributed by atoms with Crippen LogP contribution < -0.4 is 4.72 Å². The van der Waals surface area contributed by atoms with Crippen LogP contribution in [0.1, 0.15) is 0 Å². The number of hydrogen-bond acceptors (Lipinski definition) is 3. The number of rotatable bonds is 2. The number of hydrogen-bond donors (Lipinski definition) is 2. The first kappa shape index (κ1) is 11.0. The Morgan fingerprint density at radius 2 is 1.93 bits per heavy atom. The van der Waals surface area contributed by atoms with Crippen LogP contribution in [0, 0.1) is 0 Å². The van der Waals surface area contributed by atoms with Gasteiger partial charge < -0.3 is 5.11 Å². The molecule has 7 heteroatoms. The van der Waals surface area contributed by atoms with Crippen LogP contribution in [0.15, 0.2) is 33.6 Å². The number of carboxylic acid groups (broad SMARTS) is 1. The van der Waals surface area contributed by atoms with Crippen molar-refractivity contribution in [3.8, 4) is 0 Å². The lowest BCUT2D eigenvalue weighted by Gasteiger charge is -2.04. The molecule has 14 heavy (non-hydrogen) atoms. The molecule has 5 nitrogen and oxygen atoms in total. The maximum Gasteiger partial charge on any atom is 0.418 e. The van der Waals surface area contributed by atoms with Gasteiger partial charge in [0, 0.05) is 4.47 Å². The first-order chi connectivity index (χ1) is 6.43. The van der Waals surface area contributed by atoms with Crippen molar-refractivity contribution in [2.45, 2.75) is 4.90 Å². The fraction of sp³-hybridized carbons (Fsp3) is 0. The fourth-order valence-electron chi connectivity index (χ4n) is 0.833. The second-order valence-corrected chi connectivity index (χ2v) is 4.85. The quantitative estimate of drug-likeness (QED) is 0.857. The molecule has 0 aliphatic rings. The molecular weight excluding hydrogens is 274 g/mol. The summed E-state index contributed by atoms with van der Waals surface area (Å²) in [6, 6.07) is 5.94. The van der Waals surface area contributed by atoms with Crippen LogP contribution in [0.2, 0.25) is 0 Å². The monoisotopic (exact) mass is 279 g/mol. The van der Waals surface area contributed by atoms with Crippen LogP contribution in [-0.4, -0.2) is 19.6 Å². The molecule has 0 heterocycles. The van der Waals surface area contributed by atoms with Gasteiger partial charge in [0.25, 0.3) is 10.0 Å². The number of sulfonamides is 1. The second kappa shape index (κ2) is 3.97. The van der Waals surface area contributed by atoms with E-state index in [-0.39, 0.29) is 4.90 Å². The van der Waals surface area contributed by atoms with Crippen LogP contribution in [0.5, 0.6) is 0 Å². The van der Waals surface area contributed by atoms with E-state index >= 15 is 0 Å². The SMILES string of the molecule is O=C(O)NS(=O)(=O)c1ccccc1Br. The topological polar surface area (TPSA) is 83.5 Å². The van der Waals surface area contributed by atoms with Gasteiger partial charge in [-0.3, -0.25) is 0 Å². The summed E-state index contributed by atoms with van der Waals surface area (Å²) in [7, 11) is -3.99. The highest BCUT2D eigenvalue weighted by Crippen LogP contribution is 2.20. The number of carbonyl (C=O) groups is 1. The zero-order valence-electron chi connectivity index (χ0n) is 6.77. The van der Waals surface area contributed by atoms with Gasteiger partial charge in [0.2, 0.25) is 0 Å². The molecule has 0 bridgehead atoms. The number of nitrogens with one attached hydrogen (secondary N) is 1. The average Bonchev–Trinajstić information content (AvgIpc) is 2.02. The molecule has 0 aliphatic heterocycles. The van der Waals surface area contributed by atoms with Gasteiger partial charge in [-0.15, -0.1) is 0 Å². The Labute approximate surface area is 88.9 Å². The Morgan fingerprint density at radius 3 is 2.43 bits per heavy atom. The minimum atomic E-state index is -3.99. The summed E-state index contributed by atoms with van der Waals surface area (Å²) in [5.74, 6) is 0.